The number of rotatable bonds is 2. The first-order valence-electron chi connectivity index (χ1n) is 5.93. The zero-order valence-electron chi connectivity index (χ0n) is 10.2. The summed E-state index contributed by atoms with van der Waals surface area (Å²) < 4.78 is 17.8. The molecule has 0 spiro atoms. The molecule has 0 aliphatic carbocycles. The molecule has 2 aromatic rings. The quantitative estimate of drug-likeness (QED) is 0.885. The maximum absolute atomic E-state index is 13.8. The minimum absolute atomic E-state index is 0.0226. The number of aromatic nitrogens is 1. The summed E-state index contributed by atoms with van der Waals surface area (Å²) in [5.74, 6) is 0.641. The van der Waals surface area contributed by atoms with Gasteiger partial charge in [0.1, 0.15) is 22.5 Å². The molecular formula is C13H9ClFN3S2. The van der Waals surface area contributed by atoms with E-state index < -0.39 is 0 Å². The minimum Gasteiger partial charge on any atom is -0.368 e. The summed E-state index contributed by atoms with van der Waals surface area (Å²) in [5.41, 5.74) is 1.28. The van der Waals surface area contributed by atoms with Crippen LogP contribution in [0.4, 0.5) is 9.39 Å². The normalized spacial score (nSPS) is 17.4. The van der Waals surface area contributed by atoms with Crippen molar-refractivity contribution in [3.63, 3.8) is 0 Å². The zero-order valence-corrected chi connectivity index (χ0v) is 12.6. The van der Waals surface area contributed by atoms with E-state index in [-0.39, 0.29) is 17.0 Å². The molecule has 20 heavy (non-hydrogen) atoms. The van der Waals surface area contributed by atoms with Gasteiger partial charge < -0.3 is 5.32 Å². The highest BCUT2D eigenvalue weighted by atomic mass is 35.5. The molecule has 1 N–H and O–H groups in total. The molecule has 0 amide bonds. The van der Waals surface area contributed by atoms with Crippen LogP contribution in [-0.4, -0.2) is 10.1 Å². The summed E-state index contributed by atoms with van der Waals surface area (Å²) in [5, 5.41) is 13.2. The molecule has 1 aromatic heterocycles. The number of nitrogens with one attached hydrogen (secondary N) is 1. The number of fused-ring (bicyclic) bond motifs is 1. The van der Waals surface area contributed by atoms with Gasteiger partial charge in [-0.2, -0.15) is 9.64 Å². The third-order valence-electron chi connectivity index (χ3n) is 3.09. The van der Waals surface area contributed by atoms with Crippen LogP contribution in [0.3, 0.4) is 0 Å². The topological polar surface area (TPSA) is 48.7 Å². The predicted molar refractivity (Wildman–Crippen MR) is 79.9 cm³/mol. The number of benzene rings is 1. The predicted octanol–water partition coefficient (Wildman–Crippen LogP) is 4.46. The highest BCUT2D eigenvalue weighted by Gasteiger charge is 2.25. The van der Waals surface area contributed by atoms with Crippen molar-refractivity contribution < 1.29 is 4.39 Å². The van der Waals surface area contributed by atoms with Crippen molar-refractivity contribution in [1.82, 2.24) is 4.37 Å². The van der Waals surface area contributed by atoms with E-state index >= 15 is 0 Å². The average Bonchev–Trinajstić information content (AvgIpc) is 2.80. The lowest BCUT2D eigenvalue weighted by atomic mass is 10.0. The van der Waals surface area contributed by atoms with Crippen LogP contribution in [0, 0.1) is 17.1 Å². The average molecular weight is 326 g/mol. The first-order valence-corrected chi connectivity index (χ1v) is 8.07. The van der Waals surface area contributed by atoms with E-state index in [1.54, 1.807) is 6.07 Å². The SMILES string of the molecule is N#Cc1c(Cl)nsc1N[C@@H]1CCSc2c(F)cccc21. The van der Waals surface area contributed by atoms with E-state index in [4.69, 9.17) is 16.9 Å². The van der Waals surface area contributed by atoms with E-state index in [1.165, 1.54) is 17.8 Å². The van der Waals surface area contributed by atoms with Crippen molar-refractivity contribution in [2.45, 2.75) is 17.4 Å². The van der Waals surface area contributed by atoms with Gasteiger partial charge in [-0.25, -0.2) is 4.39 Å². The van der Waals surface area contributed by atoms with Crippen LogP contribution in [0.5, 0.6) is 0 Å². The fourth-order valence-electron chi connectivity index (χ4n) is 2.16. The second-order valence-corrected chi connectivity index (χ2v) is 6.52. The maximum atomic E-state index is 13.8. The Bertz CT molecular complexity index is 695. The standard InChI is InChI=1S/C13H9ClFN3S2/c14-12-8(6-16)13(20-18-12)17-10-4-5-19-11-7(10)2-1-3-9(11)15/h1-3,10,17H,4-5H2/t10-/m1/s1. The van der Waals surface area contributed by atoms with E-state index in [0.717, 1.165) is 29.3 Å². The van der Waals surface area contributed by atoms with Gasteiger partial charge in [-0.3, -0.25) is 0 Å². The van der Waals surface area contributed by atoms with Gasteiger partial charge in [0.05, 0.1) is 6.04 Å². The molecular weight excluding hydrogens is 317 g/mol. The van der Waals surface area contributed by atoms with Crippen LogP contribution in [0.15, 0.2) is 23.1 Å². The van der Waals surface area contributed by atoms with Crippen LogP contribution in [-0.2, 0) is 0 Å². The summed E-state index contributed by atoms with van der Waals surface area (Å²) >= 11 is 8.54. The van der Waals surface area contributed by atoms with Gasteiger partial charge in [0.15, 0.2) is 5.15 Å². The van der Waals surface area contributed by atoms with Crippen molar-refractivity contribution in [2.24, 2.45) is 0 Å². The Morgan fingerprint density at radius 3 is 3.15 bits per heavy atom. The van der Waals surface area contributed by atoms with Gasteiger partial charge in [-0.05, 0) is 29.6 Å². The summed E-state index contributed by atoms with van der Waals surface area (Å²) in [6, 6.07) is 7.11. The molecule has 2 heterocycles. The van der Waals surface area contributed by atoms with Crippen molar-refractivity contribution >= 4 is 39.9 Å². The molecule has 1 aliphatic rings. The Hall–Kier alpha value is -1.29. The third-order valence-corrected chi connectivity index (χ3v) is 5.40. The van der Waals surface area contributed by atoms with Gasteiger partial charge in [-0.1, -0.05) is 23.7 Å². The van der Waals surface area contributed by atoms with Crippen molar-refractivity contribution in [3.8, 4) is 6.07 Å². The molecule has 0 saturated heterocycles. The lowest BCUT2D eigenvalue weighted by molar-refractivity contribution is 0.585. The molecule has 0 unspecified atom stereocenters. The lowest BCUT2D eigenvalue weighted by Gasteiger charge is -2.26. The van der Waals surface area contributed by atoms with Gasteiger partial charge >= 0.3 is 0 Å². The summed E-state index contributed by atoms with van der Waals surface area (Å²) in [6.07, 6.45) is 0.863. The summed E-state index contributed by atoms with van der Waals surface area (Å²) in [6.45, 7) is 0. The highest BCUT2D eigenvalue weighted by molar-refractivity contribution is 7.99. The molecule has 0 fully saturated rings. The molecule has 3 rings (SSSR count). The first kappa shape index (κ1) is 13.7. The van der Waals surface area contributed by atoms with E-state index in [0.29, 0.717) is 15.5 Å². The summed E-state index contributed by atoms with van der Waals surface area (Å²) in [4.78, 5) is 0.686. The Morgan fingerprint density at radius 2 is 2.35 bits per heavy atom. The second kappa shape index (κ2) is 5.60. The highest BCUT2D eigenvalue weighted by Crippen LogP contribution is 2.40. The van der Waals surface area contributed by atoms with E-state index in [2.05, 4.69) is 9.69 Å². The van der Waals surface area contributed by atoms with Gasteiger partial charge in [0.2, 0.25) is 0 Å². The number of thioether (sulfide) groups is 1. The Kier molecular flexibility index (Phi) is 3.83. The molecule has 1 aliphatic heterocycles. The van der Waals surface area contributed by atoms with Crippen molar-refractivity contribution in [3.05, 3.63) is 40.3 Å². The monoisotopic (exact) mass is 325 g/mol. The van der Waals surface area contributed by atoms with Crippen LogP contribution in [0.2, 0.25) is 5.15 Å². The molecule has 0 radical (unpaired) electrons. The molecule has 7 heteroatoms. The fourth-order valence-corrected chi connectivity index (χ4v) is 4.29. The third kappa shape index (κ3) is 2.37. The second-order valence-electron chi connectivity index (χ2n) is 4.28. The maximum Gasteiger partial charge on any atom is 0.162 e. The molecule has 3 nitrogen and oxygen atoms in total. The molecule has 0 saturated carbocycles. The number of nitriles is 1. The number of nitrogens with zero attached hydrogens (tertiary/aromatic N) is 2. The molecule has 102 valence electrons. The lowest BCUT2D eigenvalue weighted by Crippen LogP contribution is -2.16. The number of hydrogen-bond donors (Lipinski definition) is 1. The van der Waals surface area contributed by atoms with Crippen molar-refractivity contribution in [2.75, 3.05) is 11.1 Å². The largest absolute Gasteiger partial charge is 0.368 e. The van der Waals surface area contributed by atoms with Gasteiger partial charge in [-0.15, -0.1) is 11.8 Å². The number of halogens is 2. The number of hydrogen-bond acceptors (Lipinski definition) is 5. The first-order chi connectivity index (χ1) is 9.70. The number of anilines is 1. The van der Waals surface area contributed by atoms with E-state index in [1.807, 2.05) is 12.1 Å². The van der Waals surface area contributed by atoms with Gasteiger partial charge in [0, 0.05) is 10.6 Å². The molecule has 1 aromatic carbocycles. The Morgan fingerprint density at radius 1 is 1.50 bits per heavy atom. The zero-order chi connectivity index (χ0) is 14.1. The van der Waals surface area contributed by atoms with Crippen molar-refractivity contribution in [1.29, 1.82) is 5.26 Å². The molecule has 1 atom stereocenters. The fraction of sp³-hybridized carbons (Fsp3) is 0.231. The van der Waals surface area contributed by atoms with Gasteiger partial charge in [0.25, 0.3) is 0 Å². The summed E-state index contributed by atoms with van der Waals surface area (Å²) in [7, 11) is 0. The van der Waals surface area contributed by atoms with Crippen LogP contribution < -0.4 is 5.32 Å². The Balaban J connectivity index is 1.94. The van der Waals surface area contributed by atoms with Crippen LogP contribution in [0.25, 0.3) is 0 Å². The van der Waals surface area contributed by atoms with Crippen LogP contribution in [0.1, 0.15) is 23.6 Å². The molecule has 0 bridgehead atoms. The Labute approximate surface area is 128 Å². The van der Waals surface area contributed by atoms with E-state index in [9.17, 15) is 4.39 Å². The minimum atomic E-state index is -0.193. The van der Waals surface area contributed by atoms with Crippen LogP contribution >= 0.6 is 34.9 Å². The smallest absolute Gasteiger partial charge is 0.162 e.